The highest BCUT2D eigenvalue weighted by Crippen LogP contribution is 2.25. The molecule has 0 aliphatic rings. The quantitative estimate of drug-likeness (QED) is 0.755. The second-order valence-electron chi connectivity index (χ2n) is 6.26. The van der Waals surface area contributed by atoms with Gasteiger partial charge in [0.15, 0.2) is 0 Å². The number of phenols is 1. The zero-order chi connectivity index (χ0) is 17.1. The molecule has 1 heterocycles. The number of aromatic hydroxyl groups is 1. The van der Waals surface area contributed by atoms with E-state index in [9.17, 15) is 10.2 Å². The SMILES string of the molecule is Cc1cccc(-c2ncn(Cc3cccc(O)c3)c2CC(C)O)c1. The van der Waals surface area contributed by atoms with E-state index in [1.54, 1.807) is 25.4 Å². The number of hydrogen-bond acceptors (Lipinski definition) is 3. The van der Waals surface area contributed by atoms with Crippen molar-refractivity contribution in [2.45, 2.75) is 32.9 Å². The largest absolute Gasteiger partial charge is 0.508 e. The Kier molecular flexibility index (Phi) is 4.67. The van der Waals surface area contributed by atoms with Gasteiger partial charge in [-0.2, -0.15) is 0 Å². The zero-order valence-corrected chi connectivity index (χ0v) is 14.0. The number of nitrogens with zero attached hydrogens (tertiary/aromatic N) is 2. The molecule has 2 N–H and O–H groups in total. The average Bonchev–Trinajstić information content (AvgIpc) is 2.89. The van der Waals surface area contributed by atoms with Gasteiger partial charge in [0, 0.05) is 24.2 Å². The van der Waals surface area contributed by atoms with E-state index in [2.05, 4.69) is 24.0 Å². The number of aliphatic hydroxyl groups is 1. The Labute approximate surface area is 142 Å². The molecule has 2 aromatic carbocycles. The molecule has 4 nitrogen and oxygen atoms in total. The predicted octanol–water partition coefficient (Wildman–Crippen LogP) is 3.54. The number of hydrogen-bond donors (Lipinski definition) is 2. The fraction of sp³-hybridized carbons (Fsp3) is 0.250. The van der Waals surface area contributed by atoms with E-state index in [-0.39, 0.29) is 5.75 Å². The molecule has 1 aromatic heterocycles. The van der Waals surface area contributed by atoms with Crippen LogP contribution in [-0.2, 0) is 13.0 Å². The summed E-state index contributed by atoms with van der Waals surface area (Å²) in [5.74, 6) is 0.253. The monoisotopic (exact) mass is 322 g/mol. The summed E-state index contributed by atoms with van der Waals surface area (Å²) in [6, 6.07) is 15.4. The molecule has 0 fully saturated rings. The first-order chi connectivity index (χ1) is 11.5. The molecule has 0 radical (unpaired) electrons. The molecule has 0 saturated heterocycles. The summed E-state index contributed by atoms with van der Waals surface area (Å²) in [5.41, 5.74) is 5.13. The van der Waals surface area contributed by atoms with Gasteiger partial charge in [0.2, 0.25) is 0 Å². The van der Waals surface area contributed by atoms with Crippen LogP contribution in [0.5, 0.6) is 5.75 Å². The molecule has 0 amide bonds. The number of aryl methyl sites for hydroxylation is 1. The molecular weight excluding hydrogens is 300 g/mol. The molecule has 24 heavy (non-hydrogen) atoms. The van der Waals surface area contributed by atoms with Gasteiger partial charge < -0.3 is 14.8 Å². The van der Waals surface area contributed by atoms with Crippen molar-refractivity contribution in [1.29, 1.82) is 0 Å². The summed E-state index contributed by atoms with van der Waals surface area (Å²) in [6.07, 6.45) is 1.88. The van der Waals surface area contributed by atoms with Crippen molar-refractivity contribution in [3.05, 3.63) is 71.7 Å². The molecule has 4 heteroatoms. The van der Waals surface area contributed by atoms with Gasteiger partial charge in [-0.25, -0.2) is 4.98 Å². The van der Waals surface area contributed by atoms with Gasteiger partial charge in [-0.3, -0.25) is 0 Å². The van der Waals surface area contributed by atoms with Gasteiger partial charge in [-0.15, -0.1) is 0 Å². The van der Waals surface area contributed by atoms with Gasteiger partial charge in [0.25, 0.3) is 0 Å². The van der Waals surface area contributed by atoms with Crippen LogP contribution in [0.25, 0.3) is 11.3 Å². The Morgan fingerprint density at radius 2 is 1.92 bits per heavy atom. The van der Waals surface area contributed by atoms with Crippen LogP contribution in [0.3, 0.4) is 0 Å². The molecule has 3 aromatic rings. The van der Waals surface area contributed by atoms with Gasteiger partial charge >= 0.3 is 0 Å². The van der Waals surface area contributed by atoms with E-state index in [0.717, 1.165) is 22.5 Å². The van der Waals surface area contributed by atoms with Crippen molar-refractivity contribution in [3.63, 3.8) is 0 Å². The Balaban J connectivity index is 2.00. The first-order valence-electron chi connectivity index (χ1n) is 8.10. The molecule has 0 saturated carbocycles. The van der Waals surface area contributed by atoms with Crippen LogP contribution in [0.2, 0.25) is 0 Å². The summed E-state index contributed by atoms with van der Waals surface area (Å²) < 4.78 is 2.04. The second-order valence-corrected chi connectivity index (χ2v) is 6.26. The molecule has 1 atom stereocenters. The standard InChI is InChI=1S/C20H22N2O2/c1-14-5-3-7-17(9-14)20-19(10-15(2)23)22(13-21-20)12-16-6-4-8-18(24)11-16/h3-9,11,13,15,23-24H,10,12H2,1-2H3. The Morgan fingerprint density at radius 3 is 2.62 bits per heavy atom. The molecule has 3 rings (SSSR count). The highest BCUT2D eigenvalue weighted by atomic mass is 16.3. The van der Waals surface area contributed by atoms with E-state index < -0.39 is 6.10 Å². The summed E-state index contributed by atoms with van der Waals surface area (Å²) >= 11 is 0. The molecule has 124 valence electrons. The van der Waals surface area contributed by atoms with Crippen molar-refractivity contribution in [1.82, 2.24) is 9.55 Å². The fourth-order valence-corrected chi connectivity index (χ4v) is 2.92. The Bertz CT molecular complexity index is 837. The minimum absolute atomic E-state index is 0.253. The van der Waals surface area contributed by atoms with Gasteiger partial charge in [0.1, 0.15) is 5.75 Å². The summed E-state index contributed by atoms with van der Waals surface area (Å²) in [6.45, 7) is 4.45. The average molecular weight is 322 g/mol. The van der Waals surface area contributed by atoms with E-state index in [4.69, 9.17) is 0 Å². The third-order valence-corrected chi connectivity index (χ3v) is 3.99. The zero-order valence-electron chi connectivity index (χ0n) is 14.0. The van der Waals surface area contributed by atoms with Crippen LogP contribution in [0.1, 0.15) is 23.7 Å². The Hall–Kier alpha value is -2.59. The topological polar surface area (TPSA) is 58.3 Å². The highest BCUT2D eigenvalue weighted by Gasteiger charge is 2.15. The highest BCUT2D eigenvalue weighted by molar-refractivity contribution is 5.63. The predicted molar refractivity (Wildman–Crippen MR) is 95.0 cm³/mol. The van der Waals surface area contributed by atoms with Crippen molar-refractivity contribution >= 4 is 0 Å². The van der Waals surface area contributed by atoms with E-state index in [1.165, 1.54) is 5.56 Å². The van der Waals surface area contributed by atoms with Crippen LogP contribution in [0, 0.1) is 6.92 Å². The van der Waals surface area contributed by atoms with E-state index in [1.807, 2.05) is 28.8 Å². The van der Waals surface area contributed by atoms with Crippen LogP contribution in [0.15, 0.2) is 54.9 Å². The fourth-order valence-electron chi connectivity index (χ4n) is 2.92. The van der Waals surface area contributed by atoms with E-state index in [0.29, 0.717) is 13.0 Å². The lowest BCUT2D eigenvalue weighted by Gasteiger charge is -2.12. The molecule has 0 aliphatic carbocycles. The van der Waals surface area contributed by atoms with Crippen molar-refractivity contribution in [3.8, 4) is 17.0 Å². The maximum Gasteiger partial charge on any atom is 0.115 e. The van der Waals surface area contributed by atoms with Crippen molar-refractivity contribution in [2.75, 3.05) is 0 Å². The van der Waals surface area contributed by atoms with Gasteiger partial charge in [0.05, 0.1) is 18.1 Å². The lowest BCUT2D eigenvalue weighted by atomic mass is 10.0. The first kappa shape index (κ1) is 16.3. The summed E-state index contributed by atoms with van der Waals surface area (Å²) in [5, 5.41) is 19.6. The van der Waals surface area contributed by atoms with Gasteiger partial charge in [-0.1, -0.05) is 35.9 Å². The molecular formula is C20H22N2O2. The summed E-state index contributed by atoms with van der Waals surface area (Å²) in [4.78, 5) is 4.59. The third-order valence-electron chi connectivity index (χ3n) is 3.99. The third kappa shape index (κ3) is 3.66. The Morgan fingerprint density at radius 1 is 1.12 bits per heavy atom. The number of aromatic nitrogens is 2. The van der Waals surface area contributed by atoms with Crippen LogP contribution in [-0.4, -0.2) is 25.9 Å². The normalized spacial score (nSPS) is 12.3. The lowest BCUT2D eigenvalue weighted by Crippen LogP contribution is -2.11. The molecule has 0 bridgehead atoms. The van der Waals surface area contributed by atoms with Crippen LogP contribution < -0.4 is 0 Å². The number of rotatable bonds is 5. The summed E-state index contributed by atoms with van der Waals surface area (Å²) in [7, 11) is 0. The van der Waals surface area contributed by atoms with Crippen molar-refractivity contribution < 1.29 is 10.2 Å². The van der Waals surface area contributed by atoms with Crippen LogP contribution >= 0.6 is 0 Å². The maximum absolute atomic E-state index is 9.90. The molecule has 1 unspecified atom stereocenters. The van der Waals surface area contributed by atoms with E-state index >= 15 is 0 Å². The molecule has 0 spiro atoms. The minimum atomic E-state index is -0.451. The van der Waals surface area contributed by atoms with Crippen LogP contribution in [0.4, 0.5) is 0 Å². The lowest BCUT2D eigenvalue weighted by molar-refractivity contribution is 0.193. The minimum Gasteiger partial charge on any atom is -0.508 e. The number of phenolic OH excluding ortho intramolecular Hbond substituents is 1. The maximum atomic E-state index is 9.90. The smallest absolute Gasteiger partial charge is 0.115 e. The second kappa shape index (κ2) is 6.89. The van der Waals surface area contributed by atoms with Crippen molar-refractivity contribution in [2.24, 2.45) is 0 Å². The molecule has 0 aliphatic heterocycles. The number of imidazole rings is 1. The first-order valence-corrected chi connectivity index (χ1v) is 8.10. The van der Waals surface area contributed by atoms with Gasteiger partial charge in [-0.05, 0) is 37.6 Å². The number of aliphatic hydroxyl groups excluding tert-OH is 1. The number of benzene rings is 2.